The highest BCUT2D eigenvalue weighted by atomic mass is 16.3. The molecule has 7 heteroatoms. The van der Waals surface area contributed by atoms with E-state index < -0.39 is 0 Å². The molecule has 2 heterocycles. The minimum Gasteiger partial charge on any atom is -0.465 e. The number of aryl methyl sites for hydroxylation is 2. The third kappa shape index (κ3) is 2.26. The molecular formula is C9H14N6O. The molecule has 0 aliphatic heterocycles. The molecule has 16 heavy (non-hydrogen) atoms. The Kier molecular flexibility index (Phi) is 2.97. The lowest BCUT2D eigenvalue weighted by molar-refractivity contribution is 0.398. The molecule has 2 aromatic rings. The highest BCUT2D eigenvalue weighted by Gasteiger charge is 2.16. The molecule has 0 fully saturated rings. The minimum atomic E-state index is -0.141. The Bertz CT molecular complexity index is 462. The minimum absolute atomic E-state index is 0.141. The van der Waals surface area contributed by atoms with Gasteiger partial charge in [-0.2, -0.15) is 4.80 Å². The molecule has 0 saturated heterocycles. The van der Waals surface area contributed by atoms with Gasteiger partial charge in [-0.1, -0.05) is 0 Å². The van der Waals surface area contributed by atoms with E-state index in [1.807, 2.05) is 19.1 Å². The van der Waals surface area contributed by atoms with Gasteiger partial charge in [-0.05, 0) is 24.3 Å². The Morgan fingerprint density at radius 1 is 1.56 bits per heavy atom. The fourth-order valence-electron chi connectivity index (χ4n) is 1.47. The van der Waals surface area contributed by atoms with Gasteiger partial charge in [0, 0.05) is 6.42 Å². The molecule has 2 rings (SSSR count). The Morgan fingerprint density at radius 3 is 2.88 bits per heavy atom. The number of hydrogen-bond acceptors (Lipinski definition) is 6. The summed E-state index contributed by atoms with van der Waals surface area (Å²) < 4.78 is 5.49. The van der Waals surface area contributed by atoms with Crippen molar-refractivity contribution >= 4 is 0 Å². The van der Waals surface area contributed by atoms with Crippen molar-refractivity contribution in [3.8, 4) is 0 Å². The molecule has 3 N–H and O–H groups in total. The summed E-state index contributed by atoms with van der Waals surface area (Å²) in [6.07, 6.45) is 0.539. The molecule has 7 nitrogen and oxygen atoms in total. The number of hydrogen-bond donors (Lipinski definition) is 2. The van der Waals surface area contributed by atoms with Crippen LogP contribution in [-0.2, 0) is 13.5 Å². The fourth-order valence-corrected chi connectivity index (χ4v) is 1.47. The van der Waals surface area contributed by atoms with Crippen LogP contribution in [0.25, 0.3) is 0 Å². The van der Waals surface area contributed by atoms with Gasteiger partial charge in [-0.15, -0.1) is 10.2 Å². The molecular weight excluding hydrogens is 208 g/mol. The molecule has 0 aromatic carbocycles. The molecule has 1 unspecified atom stereocenters. The highest BCUT2D eigenvalue weighted by molar-refractivity contribution is 5.10. The topological polar surface area (TPSA) is 94.8 Å². The number of aromatic nitrogens is 4. The number of tetrazole rings is 1. The van der Waals surface area contributed by atoms with Gasteiger partial charge in [0.2, 0.25) is 0 Å². The second-order valence-electron chi connectivity index (χ2n) is 3.57. The summed E-state index contributed by atoms with van der Waals surface area (Å²) in [5.41, 5.74) is 2.68. The van der Waals surface area contributed by atoms with Gasteiger partial charge in [-0.3, -0.25) is 5.84 Å². The lowest BCUT2D eigenvalue weighted by Gasteiger charge is -2.10. The van der Waals surface area contributed by atoms with Crippen molar-refractivity contribution < 1.29 is 4.42 Å². The standard InChI is InChI=1S/C9H14N6O/c1-6-3-4-8(16-6)7(11-10)5-9-12-14-15(2)13-9/h3-4,7,11H,5,10H2,1-2H3. The Labute approximate surface area is 92.6 Å². The maximum absolute atomic E-state index is 5.49. The maximum atomic E-state index is 5.49. The van der Waals surface area contributed by atoms with Gasteiger partial charge in [0.25, 0.3) is 0 Å². The second-order valence-corrected chi connectivity index (χ2v) is 3.57. The number of rotatable bonds is 4. The first kappa shape index (κ1) is 10.8. The summed E-state index contributed by atoms with van der Waals surface area (Å²) in [7, 11) is 1.72. The van der Waals surface area contributed by atoms with E-state index >= 15 is 0 Å². The van der Waals surface area contributed by atoms with Crippen molar-refractivity contribution in [1.29, 1.82) is 0 Å². The first-order chi connectivity index (χ1) is 7.69. The van der Waals surface area contributed by atoms with Crippen molar-refractivity contribution in [2.24, 2.45) is 12.9 Å². The zero-order valence-corrected chi connectivity index (χ0v) is 9.21. The number of nitrogens with two attached hydrogens (primary N) is 1. The van der Waals surface area contributed by atoms with Crippen LogP contribution in [0.2, 0.25) is 0 Å². The Hall–Kier alpha value is -1.73. The molecule has 0 saturated carbocycles. The van der Waals surface area contributed by atoms with Crippen LogP contribution >= 0.6 is 0 Å². The molecule has 0 amide bonds. The quantitative estimate of drug-likeness (QED) is 0.552. The summed E-state index contributed by atoms with van der Waals surface area (Å²) >= 11 is 0. The monoisotopic (exact) mass is 222 g/mol. The van der Waals surface area contributed by atoms with Crippen LogP contribution < -0.4 is 11.3 Å². The molecule has 0 radical (unpaired) electrons. The summed E-state index contributed by atoms with van der Waals surface area (Å²) in [4.78, 5) is 1.41. The van der Waals surface area contributed by atoms with E-state index in [-0.39, 0.29) is 6.04 Å². The summed E-state index contributed by atoms with van der Waals surface area (Å²) in [6, 6.07) is 3.64. The predicted octanol–water partition coefficient (Wildman–Crippen LogP) is -0.141. The van der Waals surface area contributed by atoms with E-state index in [1.165, 1.54) is 4.80 Å². The zero-order valence-electron chi connectivity index (χ0n) is 9.21. The third-order valence-corrected chi connectivity index (χ3v) is 2.24. The molecule has 2 aromatic heterocycles. The van der Waals surface area contributed by atoms with Crippen molar-refractivity contribution in [3.63, 3.8) is 0 Å². The lowest BCUT2D eigenvalue weighted by Crippen LogP contribution is -2.29. The largest absolute Gasteiger partial charge is 0.465 e. The molecule has 1 atom stereocenters. The smallest absolute Gasteiger partial charge is 0.176 e. The average Bonchev–Trinajstić information content (AvgIpc) is 2.84. The number of hydrazine groups is 1. The lowest BCUT2D eigenvalue weighted by atomic mass is 10.1. The predicted molar refractivity (Wildman–Crippen MR) is 56.0 cm³/mol. The van der Waals surface area contributed by atoms with Crippen LogP contribution in [0.3, 0.4) is 0 Å². The summed E-state index contributed by atoms with van der Waals surface area (Å²) in [6.45, 7) is 1.89. The van der Waals surface area contributed by atoms with Gasteiger partial charge < -0.3 is 4.42 Å². The van der Waals surface area contributed by atoms with Crippen molar-refractivity contribution in [1.82, 2.24) is 25.6 Å². The van der Waals surface area contributed by atoms with Crippen molar-refractivity contribution in [2.75, 3.05) is 0 Å². The number of furan rings is 1. The van der Waals surface area contributed by atoms with Gasteiger partial charge >= 0.3 is 0 Å². The van der Waals surface area contributed by atoms with E-state index in [0.29, 0.717) is 12.2 Å². The van der Waals surface area contributed by atoms with E-state index in [1.54, 1.807) is 7.05 Å². The third-order valence-electron chi connectivity index (χ3n) is 2.24. The van der Waals surface area contributed by atoms with Crippen molar-refractivity contribution in [3.05, 3.63) is 29.5 Å². The second kappa shape index (κ2) is 4.42. The highest BCUT2D eigenvalue weighted by Crippen LogP contribution is 2.18. The van der Waals surface area contributed by atoms with Crippen LogP contribution in [0.1, 0.15) is 23.4 Å². The molecule has 0 spiro atoms. The average molecular weight is 222 g/mol. The number of nitrogens with zero attached hydrogens (tertiary/aromatic N) is 4. The van der Waals surface area contributed by atoms with Crippen LogP contribution in [-0.4, -0.2) is 20.2 Å². The molecule has 0 bridgehead atoms. The molecule has 86 valence electrons. The van der Waals surface area contributed by atoms with Crippen LogP contribution in [0.5, 0.6) is 0 Å². The summed E-state index contributed by atoms with van der Waals surface area (Å²) in [5, 5.41) is 11.7. The van der Waals surface area contributed by atoms with Gasteiger partial charge in [-0.25, -0.2) is 5.43 Å². The van der Waals surface area contributed by atoms with E-state index in [4.69, 9.17) is 10.3 Å². The van der Waals surface area contributed by atoms with E-state index in [2.05, 4.69) is 20.8 Å². The molecule has 0 aliphatic carbocycles. The maximum Gasteiger partial charge on any atom is 0.176 e. The van der Waals surface area contributed by atoms with Crippen LogP contribution in [0.4, 0.5) is 0 Å². The van der Waals surface area contributed by atoms with E-state index in [9.17, 15) is 0 Å². The fraction of sp³-hybridized carbons (Fsp3) is 0.444. The number of nitrogens with one attached hydrogen (secondary N) is 1. The first-order valence-corrected chi connectivity index (χ1v) is 4.94. The van der Waals surface area contributed by atoms with E-state index in [0.717, 1.165) is 11.5 Å². The van der Waals surface area contributed by atoms with Crippen molar-refractivity contribution in [2.45, 2.75) is 19.4 Å². The van der Waals surface area contributed by atoms with Gasteiger partial charge in [0.15, 0.2) is 5.82 Å². The SMILES string of the molecule is Cc1ccc(C(Cc2nnn(C)n2)NN)o1. The van der Waals surface area contributed by atoms with Crippen LogP contribution in [0, 0.1) is 6.92 Å². The first-order valence-electron chi connectivity index (χ1n) is 4.94. The van der Waals surface area contributed by atoms with Gasteiger partial charge in [0.05, 0.1) is 13.1 Å². The summed E-state index contributed by atoms with van der Waals surface area (Å²) in [5.74, 6) is 7.72. The Balaban J connectivity index is 2.12. The zero-order chi connectivity index (χ0) is 11.5. The Morgan fingerprint density at radius 2 is 2.38 bits per heavy atom. The van der Waals surface area contributed by atoms with Gasteiger partial charge in [0.1, 0.15) is 11.5 Å². The van der Waals surface area contributed by atoms with Crippen LogP contribution in [0.15, 0.2) is 16.5 Å². The normalized spacial score (nSPS) is 12.9. The molecule has 0 aliphatic rings.